The van der Waals surface area contributed by atoms with Crippen LogP contribution in [-0.4, -0.2) is 50.8 Å². The Morgan fingerprint density at radius 2 is 1.81 bits per heavy atom. The third-order valence-corrected chi connectivity index (χ3v) is 7.29. The van der Waals surface area contributed by atoms with Crippen LogP contribution in [0.25, 0.3) is 0 Å². The highest BCUT2D eigenvalue weighted by molar-refractivity contribution is 7.89. The van der Waals surface area contributed by atoms with Gasteiger partial charge in [0.15, 0.2) is 0 Å². The SMILES string of the molecule is COc1ccc(S(=O)(=O)N2CCC[C@@H]2CNC(=O)C(=O)Nc2ccc(C)cc2C)cc1. The number of nitrogens with one attached hydrogen (secondary N) is 2. The van der Waals surface area contributed by atoms with E-state index in [4.69, 9.17) is 4.74 Å². The molecule has 1 fully saturated rings. The van der Waals surface area contributed by atoms with E-state index >= 15 is 0 Å². The maximum atomic E-state index is 13.0. The van der Waals surface area contributed by atoms with Crippen molar-refractivity contribution >= 4 is 27.5 Å². The van der Waals surface area contributed by atoms with Crippen molar-refractivity contribution in [1.29, 1.82) is 0 Å². The van der Waals surface area contributed by atoms with Crippen molar-refractivity contribution in [3.05, 3.63) is 53.6 Å². The first kappa shape index (κ1) is 22.8. The van der Waals surface area contributed by atoms with Gasteiger partial charge in [0.1, 0.15) is 5.75 Å². The summed E-state index contributed by atoms with van der Waals surface area (Å²) in [5.41, 5.74) is 2.48. The molecule has 1 saturated heterocycles. The van der Waals surface area contributed by atoms with Crippen LogP contribution in [0.3, 0.4) is 0 Å². The lowest BCUT2D eigenvalue weighted by Crippen LogP contribution is -2.45. The van der Waals surface area contributed by atoms with E-state index in [0.29, 0.717) is 30.8 Å². The zero-order valence-corrected chi connectivity index (χ0v) is 18.7. The Labute approximate surface area is 182 Å². The highest BCUT2D eigenvalue weighted by Gasteiger charge is 2.35. The molecule has 1 aliphatic rings. The minimum Gasteiger partial charge on any atom is -0.497 e. The Balaban J connectivity index is 1.62. The van der Waals surface area contributed by atoms with Gasteiger partial charge in [-0.15, -0.1) is 0 Å². The zero-order valence-electron chi connectivity index (χ0n) is 17.8. The van der Waals surface area contributed by atoms with E-state index in [9.17, 15) is 18.0 Å². The van der Waals surface area contributed by atoms with Crippen molar-refractivity contribution in [2.24, 2.45) is 0 Å². The Morgan fingerprint density at radius 3 is 2.45 bits per heavy atom. The molecule has 0 spiro atoms. The number of carbonyl (C=O) groups is 2. The van der Waals surface area contributed by atoms with Crippen LogP contribution in [0.15, 0.2) is 47.4 Å². The number of hydrogen-bond acceptors (Lipinski definition) is 5. The van der Waals surface area contributed by atoms with Crippen LogP contribution < -0.4 is 15.4 Å². The molecular formula is C22H27N3O5S. The molecule has 166 valence electrons. The van der Waals surface area contributed by atoms with Crippen molar-refractivity contribution in [3.8, 4) is 5.75 Å². The number of anilines is 1. The van der Waals surface area contributed by atoms with Gasteiger partial charge >= 0.3 is 11.8 Å². The van der Waals surface area contributed by atoms with Crippen molar-refractivity contribution < 1.29 is 22.7 Å². The molecule has 9 heteroatoms. The highest BCUT2D eigenvalue weighted by atomic mass is 32.2. The maximum Gasteiger partial charge on any atom is 0.313 e. The summed E-state index contributed by atoms with van der Waals surface area (Å²) in [5, 5.41) is 5.17. The Bertz CT molecular complexity index is 1070. The van der Waals surface area contributed by atoms with Gasteiger partial charge in [0.05, 0.1) is 12.0 Å². The highest BCUT2D eigenvalue weighted by Crippen LogP contribution is 2.27. The number of sulfonamides is 1. The van der Waals surface area contributed by atoms with Crippen LogP contribution in [0, 0.1) is 13.8 Å². The topological polar surface area (TPSA) is 105 Å². The summed E-state index contributed by atoms with van der Waals surface area (Å²) in [4.78, 5) is 24.7. The average Bonchev–Trinajstić information content (AvgIpc) is 3.23. The molecule has 8 nitrogen and oxygen atoms in total. The van der Waals surface area contributed by atoms with E-state index in [0.717, 1.165) is 11.1 Å². The van der Waals surface area contributed by atoms with E-state index in [-0.39, 0.29) is 11.4 Å². The lowest BCUT2D eigenvalue weighted by atomic mass is 10.1. The molecule has 31 heavy (non-hydrogen) atoms. The van der Waals surface area contributed by atoms with Crippen LogP contribution in [0.2, 0.25) is 0 Å². The molecule has 0 aliphatic carbocycles. The van der Waals surface area contributed by atoms with Gasteiger partial charge in [0.2, 0.25) is 10.0 Å². The van der Waals surface area contributed by atoms with Gasteiger partial charge in [-0.25, -0.2) is 8.42 Å². The predicted molar refractivity (Wildman–Crippen MR) is 117 cm³/mol. The standard InChI is InChI=1S/C22H27N3O5S/c1-15-6-11-20(16(2)13-15)24-22(27)21(26)23-14-17-5-4-12-25(17)31(28,29)19-9-7-18(30-3)8-10-19/h6-11,13,17H,4-5,12,14H2,1-3H3,(H,23,26)(H,24,27)/t17-/m1/s1. The fraction of sp³-hybridized carbons (Fsp3) is 0.364. The van der Waals surface area contributed by atoms with Crippen molar-refractivity contribution in [1.82, 2.24) is 9.62 Å². The summed E-state index contributed by atoms with van der Waals surface area (Å²) in [6.45, 7) is 4.22. The van der Waals surface area contributed by atoms with Gasteiger partial charge in [-0.3, -0.25) is 9.59 Å². The number of aryl methyl sites for hydroxylation is 2. The van der Waals surface area contributed by atoms with E-state index in [2.05, 4.69) is 10.6 Å². The fourth-order valence-electron chi connectivity index (χ4n) is 3.64. The number of hydrogen-bond donors (Lipinski definition) is 2. The van der Waals surface area contributed by atoms with Crippen molar-refractivity contribution in [2.45, 2.75) is 37.6 Å². The van der Waals surface area contributed by atoms with E-state index in [1.165, 1.54) is 23.5 Å². The van der Waals surface area contributed by atoms with Crippen LogP contribution in [0.1, 0.15) is 24.0 Å². The van der Waals surface area contributed by atoms with Gasteiger partial charge in [-0.05, 0) is 62.6 Å². The number of ether oxygens (including phenoxy) is 1. The summed E-state index contributed by atoms with van der Waals surface area (Å²) in [6.07, 6.45) is 1.29. The average molecular weight is 446 g/mol. The summed E-state index contributed by atoms with van der Waals surface area (Å²) in [5.74, 6) is -1.01. The number of amides is 2. The Kier molecular flexibility index (Phi) is 6.97. The van der Waals surface area contributed by atoms with Gasteiger partial charge < -0.3 is 15.4 Å². The van der Waals surface area contributed by atoms with Crippen LogP contribution in [-0.2, 0) is 19.6 Å². The lowest BCUT2D eigenvalue weighted by Gasteiger charge is -2.24. The van der Waals surface area contributed by atoms with E-state index in [1.54, 1.807) is 18.2 Å². The Morgan fingerprint density at radius 1 is 1.10 bits per heavy atom. The summed E-state index contributed by atoms with van der Waals surface area (Å²) >= 11 is 0. The minimum absolute atomic E-state index is 0.0640. The zero-order chi connectivity index (χ0) is 22.6. The van der Waals surface area contributed by atoms with Crippen LogP contribution in [0.5, 0.6) is 5.75 Å². The number of methoxy groups -OCH3 is 1. The molecule has 2 aromatic rings. The minimum atomic E-state index is -3.71. The molecule has 2 N–H and O–H groups in total. The number of carbonyl (C=O) groups excluding carboxylic acids is 2. The number of rotatable bonds is 6. The third kappa shape index (κ3) is 5.23. The molecule has 0 aromatic heterocycles. The smallest absolute Gasteiger partial charge is 0.313 e. The normalized spacial score (nSPS) is 16.7. The second-order valence-corrected chi connectivity index (χ2v) is 9.46. The molecule has 0 bridgehead atoms. The van der Waals surface area contributed by atoms with Crippen molar-refractivity contribution in [3.63, 3.8) is 0 Å². The summed E-state index contributed by atoms with van der Waals surface area (Å²) < 4.78 is 32.5. The maximum absolute atomic E-state index is 13.0. The molecule has 3 rings (SSSR count). The molecule has 0 saturated carbocycles. The molecule has 2 amide bonds. The first-order valence-electron chi connectivity index (χ1n) is 10.0. The largest absolute Gasteiger partial charge is 0.497 e. The molecule has 1 atom stereocenters. The molecule has 1 aliphatic heterocycles. The van der Waals surface area contributed by atoms with Gasteiger partial charge in [0, 0.05) is 24.8 Å². The summed E-state index contributed by atoms with van der Waals surface area (Å²) in [7, 11) is -2.20. The number of benzene rings is 2. The Hall–Kier alpha value is -2.91. The van der Waals surface area contributed by atoms with Crippen LogP contribution in [0.4, 0.5) is 5.69 Å². The predicted octanol–water partition coefficient (Wildman–Crippen LogP) is 2.22. The van der Waals surface area contributed by atoms with Gasteiger partial charge in [-0.1, -0.05) is 17.7 Å². The fourth-order valence-corrected chi connectivity index (χ4v) is 5.33. The van der Waals surface area contributed by atoms with E-state index in [1.807, 2.05) is 26.0 Å². The van der Waals surface area contributed by atoms with Crippen LogP contribution >= 0.6 is 0 Å². The lowest BCUT2D eigenvalue weighted by molar-refractivity contribution is -0.136. The first-order chi connectivity index (χ1) is 14.7. The molecular weight excluding hydrogens is 418 g/mol. The first-order valence-corrected chi connectivity index (χ1v) is 11.5. The van der Waals surface area contributed by atoms with Crippen molar-refractivity contribution in [2.75, 3.05) is 25.5 Å². The number of nitrogens with zero attached hydrogens (tertiary/aromatic N) is 1. The van der Waals surface area contributed by atoms with Gasteiger partial charge in [0.25, 0.3) is 0 Å². The molecule has 0 unspecified atom stereocenters. The second-order valence-electron chi connectivity index (χ2n) is 7.57. The molecule has 1 heterocycles. The summed E-state index contributed by atoms with van der Waals surface area (Å²) in [6, 6.07) is 11.3. The molecule has 0 radical (unpaired) electrons. The quantitative estimate of drug-likeness (QED) is 0.664. The van der Waals surface area contributed by atoms with E-state index < -0.39 is 27.9 Å². The third-order valence-electron chi connectivity index (χ3n) is 5.32. The second kappa shape index (κ2) is 9.49. The monoisotopic (exact) mass is 445 g/mol. The molecule has 2 aromatic carbocycles. The van der Waals surface area contributed by atoms with Gasteiger partial charge in [-0.2, -0.15) is 4.31 Å².